The monoisotopic (exact) mass is 602 g/mol. The van der Waals surface area contributed by atoms with Crippen LogP contribution < -0.4 is 0 Å². The van der Waals surface area contributed by atoms with E-state index in [1.54, 1.807) is 24.3 Å². The number of ether oxygens (including phenoxy) is 1. The number of aliphatic hydroxyl groups excluding tert-OH is 1. The van der Waals surface area contributed by atoms with Gasteiger partial charge in [0.15, 0.2) is 11.6 Å². The third-order valence-electron chi connectivity index (χ3n) is 7.34. The Kier molecular flexibility index (Phi) is 16.3. The van der Waals surface area contributed by atoms with E-state index in [4.69, 9.17) is 24.7 Å². The van der Waals surface area contributed by atoms with Crippen molar-refractivity contribution < 1.29 is 53.7 Å². The molecule has 43 heavy (non-hydrogen) atoms. The van der Waals surface area contributed by atoms with E-state index >= 15 is 0 Å². The number of methoxy groups -OCH3 is 1. The molecule has 0 radical (unpaired) electrons. The first-order chi connectivity index (χ1) is 20.7. The summed E-state index contributed by atoms with van der Waals surface area (Å²) in [5, 5.41) is 18.6. The molecule has 0 bridgehead atoms. The third-order valence-corrected chi connectivity index (χ3v) is 7.34. The van der Waals surface area contributed by atoms with Gasteiger partial charge in [-0.05, 0) is 61.8 Å². The van der Waals surface area contributed by atoms with Gasteiger partial charge in [-0.3, -0.25) is 9.59 Å². The number of hydrogen-bond donors (Lipinski definition) is 2. The number of aromatic carboxylic acids is 1. The van der Waals surface area contributed by atoms with Gasteiger partial charge >= 0.3 is 11.9 Å². The molecular weight excluding hydrogens is 560 g/mol. The van der Waals surface area contributed by atoms with Gasteiger partial charge < -0.3 is 14.9 Å². The molecule has 2 N–H and O–H groups in total. The molecule has 11 nitrogen and oxygen atoms in total. The van der Waals surface area contributed by atoms with Crippen molar-refractivity contribution in [1.29, 1.82) is 0 Å². The summed E-state index contributed by atoms with van der Waals surface area (Å²) in [6.07, 6.45) is 4.80. The summed E-state index contributed by atoms with van der Waals surface area (Å²) in [7, 11) is 1.30. The zero-order valence-electron chi connectivity index (χ0n) is 24.9. The van der Waals surface area contributed by atoms with E-state index in [0.717, 1.165) is 19.3 Å². The van der Waals surface area contributed by atoms with Gasteiger partial charge in [0.2, 0.25) is 0 Å². The highest BCUT2D eigenvalue weighted by Gasteiger charge is 2.27. The predicted molar refractivity (Wildman–Crippen MR) is 156 cm³/mol. The Labute approximate surface area is 251 Å². The molecule has 0 heterocycles. The lowest BCUT2D eigenvalue weighted by Gasteiger charge is -2.32. The SMILES string of the molecule is CCC(CCO)(CCCOOCCC(=O)c1ccc(C(=O)O)cc1)CCCOOCCC(=O)c1ccc(C(=O)OC)cc1. The van der Waals surface area contributed by atoms with Crippen LogP contribution in [0.4, 0.5) is 0 Å². The number of benzene rings is 2. The van der Waals surface area contributed by atoms with Crippen LogP contribution in [0.15, 0.2) is 48.5 Å². The minimum absolute atomic E-state index is 0.0703. The van der Waals surface area contributed by atoms with E-state index in [9.17, 15) is 24.3 Å². The number of hydrogen-bond acceptors (Lipinski definition) is 10. The number of esters is 1. The van der Waals surface area contributed by atoms with Gasteiger partial charge in [-0.1, -0.05) is 37.6 Å². The second kappa shape index (κ2) is 19.7. The summed E-state index contributed by atoms with van der Waals surface area (Å²) >= 11 is 0. The normalized spacial score (nSPS) is 12.4. The maximum Gasteiger partial charge on any atom is 0.337 e. The number of carbonyl (C=O) groups excluding carboxylic acids is 3. The Balaban J connectivity index is 1.59. The Morgan fingerprint density at radius 2 is 1.07 bits per heavy atom. The van der Waals surface area contributed by atoms with E-state index in [0.29, 0.717) is 49.2 Å². The molecule has 1 unspecified atom stereocenters. The lowest BCUT2D eigenvalue weighted by Crippen LogP contribution is -2.23. The highest BCUT2D eigenvalue weighted by Crippen LogP contribution is 2.37. The van der Waals surface area contributed by atoms with Crippen molar-refractivity contribution in [3.8, 4) is 0 Å². The molecule has 0 aliphatic rings. The molecule has 0 fully saturated rings. The Morgan fingerprint density at radius 1 is 0.651 bits per heavy atom. The summed E-state index contributed by atoms with van der Waals surface area (Å²) < 4.78 is 4.65. The van der Waals surface area contributed by atoms with Crippen LogP contribution in [0.3, 0.4) is 0 Å². The minimum atomic E-state index is -1.05. The van der Waals surface area contributed by atoms with Crippen molar-refractivity contribution in [3.05, 3.63) is 70.8 Å². The molecule has 0 aromatic heterocycles. The van der Waals surface area contributed by atoms with E-state index in [2.05, 4.69) is 11.7 Å². The summed E-state index contributed by atoms with van der Waals surface area (Å²) in [6.45, 7) is 3.03. The second-order valence-electron chi connectivity index (χ2n) is 10.1. The minimum Gasteiger partial charge on any atom is -0.478 e. The van der Waals surface area contributed by atoms with Crippen LogP contribution in [0.25, 0.3) is 0 Å². The second-order valence-corrected chi connectivity index (χ2v) is 10.1. The number of carboxylic acids is 1. The van der Waals surface area contributed by atoms with Gasteiger partial charge in [0.1, 0.15) is 0 Å². The fourth-order valence-corrected chi connectivity index (χ4v) is 4.66. The van der Waals surface area contributed by atoms with E-state index in [-0.39, 0.29) is 55.2 Å². The lowest BCUT2D eigenvalue weighted by molar-refractivity contribution is -0.295. The molecule has 0 aliphatic carbocycles. The van der Waals surface area contributed by atoms with Crippen LogP contribution in [0.1, 0.15) is 99.7 Å². The van der Waals surface area contributed by atoms with E-state index in [1.165, 1.54) is 31.4 Å². The van der Waals surface area contributed by atoms with Crippen molar-refractivity contribution in [2.24, 2.45) is 5.41 Å². The van der Waals surface area contributed by atoms with E-state index < -0.39 is 11.9 Å². The molecule has 0 saturated heterocycles. The van der Waals surface area contributed by atoms with Crippen molar-refractivity contribution in [2.75, 3.05) is 40.1 Å². The number of Topliss-reactive ketones (excluding diaryl/α,β-unsaturated/α-hetero) is 2. The number of rotatable bonds is 23. The molecule has 1 atom stereocenters. The van der Waals surface area contributed by atoms with Crippen LogP contribution >= 0.6 is 0 Å². The van der Waals surface area contributed by atoms with Gasteiger partial charge in [-0.15, -0.1) is 0 Å². The first-order valence-corrected chi connectivity index (χ1v) is 14.4. The largest absolute Gasteiger partial charge is 0.478 e. The highest BCUT2D eigenvalue weighted by molar-refractivity contribution is 5.98. The molecule has 236 valence electrons. The first kappa shape index (κ1) is 35.7. The standard InChI is InChI=1S/C32H42O11/c1-3-32(18-19-33,16-4-20-40-42-22-14-28(34)24-6-10-26(11-7-24)30(36)37)17-5-21-41-43-23-15-29(35)25-8-12-27(13-9-25)31(38)39-2/h6-13,33H,3-5,14-23H2,1-2H3,(H,36,37). The highest BCUT2D eigenvalue weighted by atomic mass is 17.2. The van der Waals surface area contributed by atoms with Crippen LogP contribution in [-0.4, -0.2) is 73.9 Å². The van der Waals surface area contributed by atoms with Crippen molar-refractivity contribution in [1.82, 2.24) is 0 Å². The van der Waals surface area contributed by atoms with Crippen LogP contribution in [0, 0.1) is 5.41 Å². The first-order valence-electron chi connectivity index (χ1n) is 14.4. The van der Waals surface area contributed by atoms with Crippen LogP contribution in [-0.2, 0) is 24.3 Å². The average Bonchev–Trinajstić information content (AvgIpc) is 3.03. The Hall–Kier alpha value is -3.48. The van der Waals surface area contributed by atoms with Crippen LogP contribution in [0.2, 0.25) is 0 Å². The fourth-order valence-electron chi connectivity index (χ4n) is 4.66. The lowest BCUT2D eigenvalue weighted by atomic mass is 9.74. The number of carbonyl (C=O) groups is 4. The average molecular weight is 603 g/mol. The zero-order valence-corrected chi connectivity index (χ0v) is 24.9. The van der Waals surface area contributed by atoms with Crippen molar-refractivity contribution >= 4 is 23.5 Å². The maximum absolute atomic E-state index is 12.3. The molecule has 0 aliphatic heterocycles. The zero-order chi connectivity index (χ0) is 31.5. The summed E-state index contributed by atoms with van der Waals surface area (Å²) in [5.41, 5.74) is 1.29. The molecule has 11 heteroatoms. The quantitative estimate of drug-likeness (QED) is 0.0563. The molecule has 2 aromatic carbocycles. The summed E-state index contributed by atoms with van der Waals surface area (Å²) in [4.78, 5) is 67.8. The smallest absolute Gasteiger partial charge is 0.337 e. The number of aliphatic hydroxyl groups is 1. The topological polar surface area (TPSA) is 155 Å². The van der Waals surface area contributed by atoms with E-state index in [1.807, 2.05) is 0 Å². The molecule has 0 spiro atoms. The molecule has 2 rings (SSSR count). The molecule has 2 aromatic rings. The molecule has 0 amide bonds. The Bertz CT molecular complexity index is 1140. The van der Waals surface area contributed by atoms with Gasteiger partial charge in [0.25, 0.3) is 0 Å². The number of carboxylic acid groups (broad SMARTS) is 1. The molecular formula is C32H42O11. The van der Waals surface area contributed by atoms with Gasteiger partial charge in [-0.2, -0.15) is 0 Å². The third kappa shape index (κ3) is 12.7. The maximum atomic E-state index is 12.3. The summed E-state index contributed by atoms with van der Waals surface area (Å²) in [6, 6.07) is 12.0. The fraction of sp³-hybridized carbons (Fsp3) is 0.500. The van der Waals surface area contributed by atoms with Crippen LogP contribution in [0.5, 0.6) is 0 Å². The Morgan fingerprint density at radius 3 is 1.47 bits per heavy atom. The van der Waals surface area contributed by atoms with Gasteiger partial charge in [0, 0.05) is 30.6 Å². The van der Waals surface area contributed by atoms with Gasteiger partial charge in [0.05, 0.1) is 44.7 Å². The summed E-state index contributed by atoms with van der Waals surface area (Å²) in [5.74, 6) is -1.81. The van der Waals surface area contributed by atoms with Crippen molar-refractivity contribution in [3.63, 3.8) is 0 Å². The van der Waals surface area contributed by atoms with Crippen molar-refractivity contribution in [2.45, 2.75) is 58.3 Å². The molecule has 0 saturated carbocycles. The van der Waals surface area contributed by atoms with Gasteiger partial charge in [-0.25, -0.2) is 29.1 Å². The predicted octanol–water partition coefficient (Wildman–Crippen LogP) is 5.25. The number of ketones is 2.